The first-order chi connectivity index (χ1) is 11.1. The van der Waals surface area contributed by atoms with Crippen molar-refractivity contribution in [2.75, 3.05) is 17.7 Å². The van der Waals surface area contributed by atoms with Crippen molar-refractivity contribution in [2.45, 2.75) is 6.92 Å². The molecule has 3 aromatic rings. The van der Waals surface area contributed by atoms with Crippen LogP contribution in [0, 0.1) is 6.92 Å². The minimum absolute atomic E-state index is 0.199. The predicted molar refractivity (Wildman–Crippen MR) is 90.3 cm³/mol. The fraction of sp³-hybridized carbons (Fsp3) is 0.133. The highest BCUT2D eigenvalue weighted by Crippen LogP contribution is 2.23. The number of amides is 3. The number of nitrogens with one attached hydrogen (secondary N) is 3. The topological polar surface area (TPSA) is 87.5 Å². The summed E-state index contributed by atoms with van der Waals surface area (Å²) in [5.74, 6) is -0.199. The molecule has 118 valence electrons. The van der Waals surface area contributed by atoms with Gasteiger partial charge in [-0.2, -0.15) is 0 Å². The third kappa shape index (κ3) is 3.02. The van der Waals surface area contributed by atoms with Crippen molar-refractivity contribution < 1.29 is 9.59 Å². The number of imidazole rings is 1. The molecule has 0 radical (unpaired) electrons. The first-order valence-electron chi connectivity index (χ1n) is 6.91. The van der Waals surface area contributed by atoms with Gasteiger partial charge >= 0.3 is 6.03 Å². The zero-order chi connectivity index (χ0) is 16.4. The number of rotatable bonds is 3. The summed E-state index contributed by atoms with van der Waals surface area (Å²) in [6.45, 7) is 1.88. The summed E-state index contributed by atoms with van der Waals surface area (Å²) < 4.78 is 1.88. The van der Waals surface area contributed by atoms with Crippen LogP contribution in [0.15, 0.2) is 36.7 Å². The molecule has 2 heterocycles. The molecule has 3 N–H and O–H groups in total. The molecule has 0 atom stereocenters. The Morgan fingerprint density at radius 1 is 1.22 bits per heavy atom. The lowest BCUT2D eigenvalue weighted by Crippen LogP contribution is -2.24. The van der Waals surface area contributed by atoms with Crippen LogP contribution < -0.4 is 16.0 Å². The van der Waals surface area contributed by atoms with E-state index in [1.54, 1.807) is 30.5 Å². The average molecular weight is 329 g/mol. The SMILES string of the molecule is CNC(=O)Nc1cccc(NC(=O)c2sc3nccn3c2C)c1. The lowest BCUT2D eigenvalue weighted by molar-refractivity contribution is 0.102. The van der Waals surface area contributed by atoms with Gasteiger partial charge in [-0.3, -0.25) is 9.20 Å². The van der Waals surface area contributed by atoms with E-state index in [1.807, 2.05) is 17.5 Å². The van der Waals surface area contributed by atoms with Gasteiger partial charge in [0.2, 0.25) is 0 Å². The monoisotopic (exact) mass is 329 g/mol. The molecular weight excluding hydrogens is 314 g/mol. The Labute approximate surface area is 136 Å². The molecular formula is C15H15N5O2S. The summed E-state index contributed by atoms with van der Waals surface area (Å²) in [4.78, 5) is 29.4. The number of hydrogen-bond donors (Lipinski definition) is 3. The zero-order valence-electron chi connectivity index (χ0n) is 12.6. The van der Waals surface area contributed by atoms with Gasteiger partial charge in [0, 0.05) is 36.5 Å². The zero-order valence-corrected chi connectivity index (χ0v) is 13.4. The summed E-state index contributed by atoms with van der Waals surface area (Å²) in [6.07, 6.45) is 3.53. The molecule has 2 aromatic heterocycles. The van der Waals surface area contributed by atoms with E-state index in [0.29, 0.717) is 16.3 Å². The Balaban J connectivity index is 1.79. The number of anilines is 2. The van der Waals surface area contributed by atoms with Gasteiger partial charge in [0.15, 0.2) is 4.96 Å². The van der Waals surface area contributed by atoms with Crippen LogP contribution in [0.5, 0.6) is 0 Å². The van der Waals surface area contributed by atoms with E-state index < -0.39 is 0 Å². The highest BCUT2D eigenvalue weighted by Gasteiger charge is 2.16. The van der Waals surface area contributed by atoms with Crippen LogP contribution in [0.1, 0.15) is 15.4 Å². The van der Waals surface area contributed by atoms with Gasteiger partial charge in [-0.05, 0) is 25.1 Å². The fourth-order valence-electron chi connectivity index (χ4n) is 2.16. The Morgan fingerprint density at radius 2 is 1.96 bits per heavy atom. The van der Waals surface area contributed by atoms with Crippen molar-refractivity contribution in [2.24, 2.45) is 0 Å². The number of hydrogen-bond acceptors (Lipinski definition) is 4. The number of aryl methyl sites for hydroxylation is 1. The van der Waals surface area contributed by atoms with Gasteiger partial charge in [0.25, 0.3) is 5.91 Å². The van der Waals surface area contributed by atoms with Crippen LogP contribution in [0.4, 0.5) is 16.2 Å². The van der Waals surface area contributed by atoms with E-state index in [0.717, 1.165) is 10.7 Å². The van der Waals surface area contributed by atoms with Crippen molar-refractivity contribution in [1.29, 1.82) is 0 Å². The van der Waals surface area contributed by atoms with Crippen molar-refractivity contribution in [1.82, 2.24) is 14.7 Å². The number of urea groups is 1. The third-order valence-electron chi connectivity index (χ3n) is 3.30. The van der Waals surface area contributed by atoms with E-state index in [2.05, 4.69) is 20.9 Å². The smallest absolute Gasteiger partial charge is 0.318 e. The molecule has 0 aliphatic carbocycles. The predicted octanol–water partition coefficient (Wildman–Crippen LogP) is 2.71. The van der Waals surface area contributed by atoms with Crippen molar-refractivity contribution in [3.05, 3.63) is 47.2 Å². The van der Waals surface area contributed by atoms with E-state index in [9.17, 15) is 9.59 Å². The minimum atomic E-state index is -0.316. The Morgan fingerprint density at radius 3 is 2.65 bits per heavy atom. The van der Waals surface area contributed by atoms with Crippen molar-refractivity contribution >= 4 is 39.6 Å². The summed E-state index contributed by atoms with van der Waals surface area (Å²) in [5.41, 5.74) is 2.05. The molecule has 0 saturated carbocycles. The van der Waals surface area contributed by atoms with Crippen LogP contribution >= 0.6 is 11.3 Å². The molecule has 7 nitrogen and oxygen atoms in total. The first-order valence-corrected chi connectivity index (χ1v) is 7.72. The fourth-order valence-corrected chi connectivity index (χ4v) is 3.14. The lowest BCUT2D eigenvalue weighted by atomic mass is 10.2. The number of nitrogens with zero attached hydrogens (tertiary/aromatic N) is 2. The maximum absolute atomic E-state index is 12.5. The number of carbonyl (C=O) groups excluding carboxylic acids is 2. The number of fused-ring (bicyclic) bond motifs is 1. The minimum Gasteiger partial charge on any atom is -0.341 e. The van der Waals surface area contributed by atoms with Gasteiger partial charge in [-0.15, -0.1) is 0 Å². The normalized spacial score (nSPS) is 10.5. The molecule has 23 heavy (non-hydrogen) atoms. The largest absolute Gasteiger partial charge is 0.341 e. The second-order valence-corrected chi connectivity index (χ2v) is 5.81. The van der Waals surface area contributed by atoms with Gasteiger partial charge in [0.1, 0.15) is 4.88 Å². The van der Waals surface area contributed by atoms with Gasteiger partial charge < -0.3 is 16.0 Å². The molecule has 8 heteroatoms. The molecule has 0 fully saturated rings. The Kier molecular flexibility index (Phi) is 3.98. The standard InChI is InChI=1S/C15H15N5O2S/c1-9-12(23-15-17-6-7-20(9)15)13(21)18-10-4-3-5-11(8-10)19-14(22)16-2/h3-8H,1-2H3,(H,18,21)(H2,16,19,22). The maximum atomic E-state index is 12.5. The second kappa shape index (κ2) is 6.09. The summed E-state index contributed by atoms with van der Waals surface area (Å²) in [5, 5.41) is 7.97. The van der Waals surface area contributed by atoms with Gasteiger partial charge in [-0.25, -0.2) is 9.78 Å². The van der Waals surface area contributed by atoms with Crippen LogP contribution in [-0.2, 0) is 0 Å². The average Bonchev–Trinajstić information content (AvgIpc) is 3.11. The number of aromatic nitrogens is 2. The highest BCUT2D eigenvalue weighted by atomic mass is 32.1. The van der Waals surface area contributed by atoms with Gasteiger partial charge in [0.05, 0.1) is 0 Å². The summed E-state index contributed by atoms with van der Waals surface area (Å²) in [6, 6.07) is 6.65. The van der Waals surface area contributed by atoms with Crippen molar-refractivity contribution in [3.8, 4) is 0 Å². The number of thiazole rings is 1. The van der Waals surface area contributed by atoms with E-state index >= 15 is 0 Å². The lowest BCUT2D eigenvalue weighted by Gasteiger charge is -2.08. The number of carbonyl (C=O) groups is 2. The van der Waals surface area contributed by atoms with E-state index in [4.69, 9.17) is 0 Å². The summed E-state index contributed by atoms with van der Waals surface area (Å²) >= 11 is 1.34. The van der Waals surface area contributed by atoms with Crippen LogP contribution in [0.25, 0.3) is 4.96 Å². The molecule has 0 saturated heterocycles. The van der Waals surface area contributed by atoms with E-state index in [-0.39, 0.29) is 11.9 Å². The number of benzene rings is 1. The van der Waals surface area contributed by atoms with E-state index in [1.165, 1.54) is 18.4 Å². The molecule has 1 aromatic carbocycles. The van der Waals surface area contributed by atoms with Crippen molar-refractivity contribution in [3.63, 3.8) is 0 Å². The maximum Gasteiger partial charge on any atom is 0.318 e. The molecule has 0 unspecified atom stereocenters. The van der Waals surface area contributed by atoms with Crippen LogP contribution in [0.2, 0.25) is 0 Å². The molecule has 0 aliphatic heterocycles. The van der Waals surface area contributed by atoms with Crippen LogP contribution in [0.3, 0.4) is 0 Å². The van der Waals surface area contributed by atoms with Gasteiger partial charge in [-0.1, -0.05) is 17.4 Å². The Bertz CT molecular complexity index is 883. The molecule has 0 aliphatic rings. The first kappa shape index (κ1) is 15.0. The third-order valence-corrected chi connectivity index (χ3v) is 4.47. The Hall–Kier alpha value is -2.87. The summed E-state index contributed by atoms with van der Waals surface area (Å²) in [7, 11) is 1.54. The molecule has 0 bridgehead atoms. The second-order valence-electron chi connectivity index (χ2n) is 4.84. The van der Waals surface area contributed by atoms with Crippen LogP contribution in [-0.4, -0.2) is 28.4 Å². The molecule has 0 spiro atoms. The molecule has 3 rings (SSSR count). The molecule has 3 amide bonds. The highest BCUT2D eigenvalue weighted by molar-refractivity contribution is 7.19. The quantitative estimate of drug-likeness (QED) is 0.690.